The highest BCUT2D eigenvalue weighted by Gasteiger charge is 2.31. The van der Waals surface area contributed by atoms with Gasteiger partial charge in [-0.1, -0.05) is 93.6 Å². The van der Waals surface area contributed by atoms with E-state index in [-0.39, 0.29) is 17.6 Å². The molecule has 0 spiro atoms. The molecule has 0 aliphatic carbocycles. The van der Waals surface area contributed by atoms with Gasteiger partial charge in [0.1, 0.15) is 6.10 Å². The average molecular weight is 361 g/mol. The van der Waals surface area contributed by atoms with Crippen molar-refractivity contribution in [3.63, 3.8) is 0 Å². The van der Waals surface area contributed by atoms with Crippen LogP contribution in [0.15, 0.2) is 72.8 Å². The number of hydrogen-bond donors (Lipinski definition) is 1. The highest BCUT2D eigenvalue weighted by Crippen LogP contribution is 2.39. The minimum Gasteiger partial charge on any atom is -0.441 e. The molecule has 140 valence electrons. The van der Waals surface area contributed by atoms with Gasteiger partial charge in [-0.15, -0.1) is 0 Å². The number of benzene rings is 3. The molecule has 0 saturated heterocycles. The van der Waals surface area contributed by atoms with Crippen LogP contribution in [0, 0.1) is 5.41 Å². The van der Waals surface area contributed by atoms with E-state index >= 15 is 0 Å². The first-order chi connectivity index (χ1) is 12.9. The topological polar surface area (TPSA) is 38.3 Å². The summed E-state index contributed by atoms with van der Waals surface area (Å²) in [6.07, 6.45) is -0.759. The quantitative estimate of drug-likeness (QED) is 0.583. The van der Waals surface area contributed by atoms with Crippen molar-refractivity contribution >= 4 is 16.9 Å². The van der Waals surface area contributed by atoms with Gasteiger partial charge < -0.3 is 10.1 Å². The third-order valence-electron chi connectivity index (χ3n) is 4.75. The van der Waals surface area contributed by atoms with Crippen molar-refractivity contribution in [3.8, 4) is 0 Å². The van der Waals surface area contributed by atoms with Crippen LogP contribution in [0.4, 0.5) is 4.79 Å². The van der Waals surface area contributed by atoms with Gasteiger partial charge in [0.15, 0.2) is 0 Å². The third-order valence-corrected chi connectivity index (χ3v) is 4.75. The number of carbonyl (C=O) groups is 1. The maximum Gasteiger partial charge on any atom is 0.408 e. The van der Waals surface area contributed by atoms with Gasteiger partial charge >= 0.3 is 6.09 Å². The van der Waals surface area contributed by atoms with Gasteiger partial charge in [-0.25, -0.2) is 4.79 Å². The van der Waals surface area contributed by atoms with Gasteiger partial charge in [-0.2, -0.15) is 0 Å². The summed E-state index contributed by atoms with van der Waals surface area (Å²) in [7, 11) is 0. The van der Waals surface area contributed by atoms with Crippen LogP contribution in [0.1, 0.15) is 51.0 Å². The number of alkyl carbamates (subject to hydrolysis) is 1. The minimum atomic E-state index is -0.404. The molecule has 1 amide bonds. The van der Waals surface area contributed by atoms with Gasteiger partial charge in [0, 0.05) is 11.0 Å². The summed E-state index contributed by atoms with van der Waals surface area (Å²) in [5, 5.41) is 5.21. The van der Waals surface area contributed by atoms with E-state index in [1.165, 1.54) is 0 Å². The van der Waals surface area contributed by atoms with E-state index in [0.717, 1.165) is 21.9 Å². The van der Waals surface area contributed by atoms with Gasteiger partial charge in [-0.05, 0) is 23.3 Å². The van der Waals surface area contributed by atoms with Crippen LogP contribution in [0.5, 0.6) is 0 Å². The lowest BCUT2D eigenvalue weighted by Gasteiger charge is -2.32. The molecular formula is C24H27NO2. The number of amides is 1. The van der Waals surface area contributed by atoms with Crippen LogP contribution in [-0.4, -0.2) is 6.09 Å². The first kappa shape index (κ1) is 19.0. The van der Waals surface area contributed by atoms with Gasteiger partial charge in [-0.3, -0.25) is 0 Å². The first-order valence-corrected chi connectivity index (χ1v) is 9.36. The molecule has 1 N–H and O–H groups in total. The fourth-order valence-corrected chi connectivity index (χ4v) is 3.33. The van der Waals surface area contributed by atoms with Crippen molar-refractivity contribution in [3.05, 3.63) is 83.9 Å². The first-order valence-electron chi connectivity index (χ1n) is 9.36. The standard InChI is InChI=1S/C24H27NO2/c1-17(18-11-6-5-7-12-18)25-23(26)27-22(24(2,3)4)21-16-10-14-19-13-8-9-15-20(19)21/h5-17,22H,1-4H3,(H,25,26)/t17-,22-/m0/s1. The summed E-state index contributed by atoms with van der Waals surface area (Å²) in [6, 6.07) is 24.1. The van der Waals surface area contributed by atoms with E-state index < -0.39 is 6.09 Å². The molecule has 0 aromatic heterocycles. The third kappa shape index (κ3) is 4.48. The highest BCUT2D eigenvalue weighted by atomic mass is 16.6. The summed E-state index contributed by atoms with van der Waals surface area (Å²) in [5.41, 5.74) is 1.84. The molecule has 0 aliphatic heterocycles. The lowest BCUT2D eigenvalue weighted by Crippen LogP contribution is -2.32. The van der Waals surface area contributed by atoms with Crippen LogP contribution in [0.3, 0.4) is 0 Å². The van der Waals surface area contributed by atoms with Crippen molar-refractivity contribution in [1.82, 2.24) is 5.32 Å². The Kier molecular flexibility index (Phi) is 5.50. The van der Waals surface area contributed by atoms with Crippen molar-refractivity contribution in [2.75, 3.05) is 0 Å². The molecular weight excluding hydrogens is 334 g/mol. The summed E-state index contributed by atoms with van der Waals surface area (Å²) < 4.78 is 5.95. The van der Waals surface area contributed by atoms with Gasteiger partial charge in [0.25, 0.3) is 0 Å². The summed E-state index contributed by atoms with van der Waals surface area (Å²) in [6.45, 7) is 8.23. The summed E-state index contributed by atoms with van der Waals surface area (Å²) >= 11 is 0. The van der Waals surface area contributed by atoms with Crippen LogP contribution in [-0.2, 0) is 4.74 Å². The predicted molar refractivity (Wildman–Crippen MR) is 111 cm³/mol. The van der Waals surface area contributed by atoms with Crippen LogP contribution in [0.25, 0.3) is 10.8 Å². The number of hydrogen-bond acceptors (Lipinski definition) is 2. The van der Waals surface area contributed by atoms with Gasteiger partial charge in [0.05, 0.1) is 6.04 Å². The fourth-order valence-electron chi connectivity index (χ4n) is 3.33. The maximum atomic E-state index is 12.7. The molecule has 2 atom stereocenters. The van der Waals surface area contributed by atoms with E-state index in [1.54, 1.807) is 0 Å². The minimum absolute atomic E-state index is 0.119. The normalized spacial score (nSPS) is 13.8. The van der Waals surface area contributed by atoms with E-state index in [2.05, 4.69) is 44.3 Å². The molecule has 0 radical (unpaired) electrons. The van der Waals surface area contributed by atoms with Crippen LogP contribution < -0.4 is 5.32 Å². The fraction of sp³-hybridized carbons (Fsp3) is 0.292. The summed E-state index contributed by atoms with van der Waals surface area (Å²) in [4.78, 5) is 12.7. The zero-order valence-electron chi connectivity index (χ0n) is 16.4. The second-order valence-electron chi connectivity index (χ2n) is 8.00. The lowest BCUT2D eigenvalue weighted by atomic mass is 9.83. The largest absolute Gasteiger partial charge is 0.441 e. The zero-order valence-corrected chi connectivity index (χ0v) is 16.4. The van der Waals surface area contributed by atoms with E-state index in [1.807, 2.05) is 61.5 Å². The number of carbonyl (C=O) groups excluding carboxylic acids is 1. The Morgan fingerprint density at radius 1 is 0.889 bits per heavy atom. The van der Waals surface area contributed by atoms with E-state index in [0.29, 0.717) is 0 Å². The van der Waals surface area contributed by atoms with Crippen LogP contribution >= 0.6 is 0 Å². The Morgan fingerprint density at radius 2 is 1.52 bits per heavy atom. The zero-order chi connectivity index (χ0) is 19.4. The van der Waals surface area contributed by atoms with E-state index in [9.17, 15) is 4.79 Å². The Balaban J connectivity index is 1.85. The highest BCUT2D eigenvalue weighted by molar-refractivity contribution is 5.86. The number of nitrogens with one attached hydrogen (secondary N) is 1. The lowest BCUT2D eigenvalue weighted by molar-refractivity contribution is 0.0297. The number of fused-ring (bicyclic) bond motifs is 1. The van der Waals surface area contributed by atoms with Crippen molar-refractivity contribution in [2.24, 2.45) is 5.41 Å². The molecule has 0 unspecified atom stereocenters. The molecule has 3 aromatic rings. The molecule has 3 rings (SSSR count). The van der Waals surface area contributed by atoms with E-state index in [4.69, 9.17) is 4.74 Å². The molecule has 0 saturated carbocycles. The SMILES string of the molecule is C[C@H](NC(=O)O[C@@H](c1cccc2ccccc12)C(C)(C)C)c1ccccc1. The molecule has 0 aliphatic rings. The molecule has 0 heterocycles. The molecule has 0 bridgehead atoms. The second-order valence-corrected chi connectivity index (χ2v) is 8.00. The Hall–Kier alpha value is -2.81. The van der Waals surface area contributed by atoms with Gasteiger partial charge in [0.2, 0.25) is 0 Å². The molecule has 27 heavy (non-hydrogen) atoms. The molecule has 3 nitrogen and oxygen atoms in total. The van der Waals surface area contributed by atoms with Crippen molar-refractivity contribution in [1.29, 1.82) is 0 Å². The molecule has 0 fully saturated rings. The Bertz CT molecular complexity index is 907. The van der Waals surface area contributed by atoms with Crippen molar-refractivity contribution < 1.29 is 9.53 Å². The maximum absolute atomic E-state index is 12.7. The monoisotopic (exact) mass is 361 g/mol. The van der Waals surface area contributed by atoms with Crippen LogP contribution in [0.2, 0.25) is 0 Å². The number of rotatable bonds is 4. The molecule has 3 heteroatoms. The van der Waals surface area contributed by atoms with Crippen molar-refractivity contribution in [2.45, 2.75) is 39.8 Å². The Labute approximate surface area is 161 Å². The number of ether oxygens (including phenoxy) is 1. The summed E-state index contributed by atoms with van der Waals surface area (Å²) in [5.74, 6) is 0. The molecule has 3 aromatic carbocycles. The average Bonchev–Trinajstić information content (AvgIpc) is 2.65. The smallest absolute Gasteiger partial charge is 0.408 e. The second kappa shape index (κ2) is 7.83. The predicted octanol–water partition coefficient (Wildman–Crippen LogP) is 6.41. The Morgan fingerprint density at radius 3 is 2.22 bits per heavy atom.